The molecule has 0 fully saturated rings. The van der Waals surface area contributed by atoms with E-state index in [1.165, 1.54) is 0 Å². The summed E-state index contributed by atoms with van der Waals surface area (Å²) < 4.78 is 80.3. The van der Waals surface area contributed by atoms with Gasteiger partial charge in [-0.2, -0.15) is 13.2 Å². The number of sulfonamides is 2. The van der Waals surface area contributed by atoms with Gasteiger partial charge < -0.3 is 0 Å². The summed E-state index contributed by atoms with van der Waals surface area (Å²) in [6, 6.07) is 0. The minimum atomic E-state index is -5.84. The molecule has 0 unspecified atom stereocenters. The molecule has 0 rings (SSSR count). The summed E-state index contributed by atoms with van der Waals surface area (Å²) in [4.78, 5) is 0. The maximum atomic E-state index is 12.0. The lowest BCUT2D eigenvalue weighted by atomic mass is 10.1. The van der Waals surface area contributed by atoms with E-state index in [9.17, 15) is 30.0 Å². The lowest BCUT2D eigenvalue weighted by molar-refractivity contribution is -0.0441. The van der Waals surface area contributed by atoms with E-state index in [4.69, 9.17) is 0 Å². The predicted molar refractivity (Wildman–Crippen MR) is 65.3 cm³/mol. The maximum absolute atomic E-state index is 12.0. The minimum Gasteiger partial charge on any atom is -0.211 e. The molecule has 0 radical (unpaired) electrons. The summed E-state index contributed by atoms with van der Waals surface area (Å²) in [5.41, 5.74) is -5.62. The van der Waals surface area contributed by atoms with Gasteiger partial charge >= 0.3 is 15.5 Å². The summed E-state index contributed by atoms with van der Waals surface area (Å²) in [6.45, 7) is 2.01. The van der Waals surface area contributed by atoms with Gasteiger partial charge in [-0.1, -0.05) is 39.0 Å². The van der Waals surface area contributed by atoms with E-state index in [0.29, 0.717) is 10.5 Å². The fraction of sp³-hybridized carbons (Fsp3) is 1.00. The van der Waals surface area contributed by atoms with Crippen molar-refractivity contribution in [3.63, 3.8) is 0 Å². The zero-order valence-corrected chi connectivity index (χ0v) is 12.2. The first-order valence-corrected chi connectivity index (χ1v) is 8.98. The first-order chi connectivity index (χ1) is 8.52. The van der Waals surface area contributed by atoms with E-state index >= 15 is 0 Å². The second kappa shape index (κ2) is 7.44. The molecule has 0 aliphatic heterocycles. The van der Waals surface area contributed by atoms with E-state index in [-0.39, 0.29) is 6.42 Å². The molecule has 0 heterocycles. The molecule has 0 saturated carbocycles. The van der Waals surface area contributed by atoms with Crippen molar-refractivity contribution in [2.45, 2.75) is 51.0 Å². The molecule has 0 amide bonds. The van der Waals surface area contributed by atoms with Crippen LogP contribution in [-0.4, -0.2) is 28.1 Å². The van der Waals surface area contributed by atoms with Gasteiger partial charge in [-0.05, 0) is 6.42 Å². The lowest BCUT2D eigenvalue weighted by Gasteiger charge is -2.09. The number of hydrogen-bond acceptors (Lipinski definition) is 4. The molecule has 116 valence electrons. The smallest absolute Gasteiger partial charge is 0.211 e. The monoisotopic (exact) mass is 325 g/mol. The van der Waals surface area contributed by atoms with E-state index in [1.807, 2.05) is 6.92 Å². The van der Waals surface area contributed by atoms with Crippen LogP contribution in [0.4, 0.5) is 13.2 Å². The second-order valence-corrected chi connectivity index (χ2v) is 7.89. The normalized spacial score (nSPS) is 13.7. The molecule has 1 N–H and O–H groups in total. The van der Waals surface area contributed by atoms with Crippen LogP contribution in [0.25, 0.3) is 0 Å². The van der Waals surface area contributed by atoms with Crippen molar-refractivity contribution in [2.75, 3.05) is 5.75 Å². The van der Waals surface area contributed by atoms with Gasteiger partial charge in [-0.25, -0.2) is 16.8 Å². The van der Waals surface area contributed by atoms with Crippen LogP contribution in [0.5, 0.6) is 0 Å². The molecule has 0 aromatic carbocycles. The fourth-order valence-corrected chi connectivity index (χ4v) is 3.96. The molecule has 0 aromatic rings. The molecule has 0 aliphatic carbocycles. The average Bonchev–Trinajstić information content (AvgIpc) is 2.20. The molecule has 0 aliphatic rings. The second-order valence-electron chi connectivity index (χ2n) is 4.12. The Balaban J connectivity index is 4.21. The number of halogens is 3. The van der Waals surface area contributed by atoms with Gasteiger partial charge in [0.2, 0.25) is 10.0 Å². The first kappa shape index (κ1) is 18.7. The Morgan fingerprint density at radius 2 is 1.37 bits per heavy atom. The Morgan fingerprint density at radius 3 is 1.84 bits per heavy atom. The summed E-state index contributed by atoms with van der Waals surface area (Å²) >= 11 is 0. The predicted octanol–water partition coefficient (Wildman–Crippen LogP) is 2.12. The van der Waals surface area contributed by atoms with Gasteiger partial charge in [-0.3, -0.25) is 0 Å². The van der Waals surface area contributed by atoms with Gasteiger partial charge in [0, 0.05) is 0 Å². The standard InChI is InChI=1S/C9H18F3NO4S2/c1-2-3-4-5-6-7-8-18(14,15)13-19(16,17)9(10,11)12/h13H,2-8H2,1H3. The summed E-state index contributed by atoms with van der Waals surface area (Å²) in [5, 5.41) is 0. The Labute approximate surface area is 111 Å². The minimum absolute atomic E-state index is 0.131. The third-order valence-corrected chi connectivity index (χ3v) is 5.64. The zero-order chi connectivity index (χ0) is 15.2. The highest BCUT2D eigenvalue weighted by Gasteiger charge is 2.48. The van der Waals surface area contributed by atoms with Crippen LogP contribution in [0.2, 0.25) is 0 Å². The van der Waals surface area contributed by atoms with Crippen LogP contribution in [0.15, 0.2) is 0 Å². The Hall–Kier alpha value is -0.350. The van der Waals surface area contributed by atoms with Crippen molar-refractivity contribution in [1.82, 2.24) is 4.13 Å². The number of rotatable bonds is 9. The van der Waals surface area contributed by atoms with Crippen LogP contribution < -0.4 is 4.13 Å². The van der Waals surface area contributed by atoms with Crippen LogP contribution in [0, 0.1) is 0 Å². The highest BCUT2D eigenvalue weighted by molar-refractivity contribution is 8.05. The van der Waals surface area contributed by atoms with Crippen molar-refractivity contribution in [1.29, 1.82) is 0 Å². The summed E-state index contributed by atoms with van der Waals surface area (Å²) in [7, 11) is -10.3. The van der Waals surface area contributed by atoms with E-state index in [1.54, 1.807) is 0 Å². The third-order valence-electron chi connectivity index (χ3n) is 2.31. The molecule has 0 atom stereocenters. The van der Waals surface area contributed by atoms with Gasteiger partial charge in [0.1, 0.15) is 0 Å². The first-order valence-electron chi connectivity index (χ1n) is 5.84. The number of nitrogens with one attached hydrogen (secondary N) is 1. The van der Waals surface area contributed by atoms with Crippen LogP contribution >= 0.6 is 0 Å². The Kier molecular flexibility index (Phi) is 7.30. The average molecular weight is 325 g/mol. The van der Waals surface area contributed by atoms with Gasteiger partial charge in [0.05, 0.1) is 5.75 Å². The molecular weight excluding hydrogens is 307 g/mol. The quantitative estimate of drug-likeness (QED) is 0.658. The van der Waals surface area contributed by atoms with Crippen molar-refractivity contribution in [3.05, 3.63) is 0 Å². The van der Waals surface area contributed by atoms with E-state index in [0.717, 1.165) is 25.7 Å². The summed E-state index contributed by atoms with van der Waals surface area (Å²) in [5.74, 6) is -0.631. The number of hydrogen-bond donors (Lipinski definition) is 1. The van der Waals surface area contributed by atoms with Gasteiger partial charge in [0.25, 0.3) is 0 Å². The highest BCUT2D eigenvalue weighted by Crippen LogP contribution is 2.22. The van der Waals surface area contributed by atoms with Crippen molar-refractivity contribution < 1.29 is 30.0 Å². The molecule has 19 heavy (non-hydrogen) atoms. The Morgan fingerprint density at radius 1 is 0.895 bits per heavy atom. The number of alkyl halides is 3. The molecule has 0 spiro atoms. The SMILES string of the molecule is CCCCCCCCS(=O)(=O)NS(=O)(=O)C(F)(F)F. The molecule has 0 aromatic heterocycles. The summed E-state index contributed by atoms with van der Waals surface area (Å²) in [6.07, 6.45) is 4.39. The third kappa shape index (κ3) is 7.73. The molecule has 5 nitrogen and oxygen atoms in total. The molecule has 0 bridgehead atoms. The van der Waals surface area contributed by atoms with Crippen molar-refractivity contribution in [2.24, 2.45) is 0 Å². The molecule has 10 heteroatoms. The van der Waals surface area contributed by atoms with Crippen LogP contribution in [0.1, 0.15) is 45.4 Å². The van der Waals surface area contributed by atoms with Gasteiger partial charge in [0.15, 0.2) is 0 Å². The van der Waals surface area contributed by atoms with Crippen LogP contribution in [-0.2, 0) is 20.0 Å². The largest absolute Gasteiger partial charge is 0.512 e. The van der Waals surface area contributed by atoms with E-state index < -0.39 is 31.3 Å². The topological polar surface area (TPSA) is 80.3 Å². The maximum Gasteiger partial charge on any atom is 0.512 e. The van der Waals surface area contributed by atoms with Gasteiger partial charge in [-0.15, -0.1) is 4.13 Å². The van der Waals surface area contributed by atoms with Crippen molar-refractivity contribution >= 4 is 20.0 Å². The van der Waals surface area contributed by atoms with Crippen molar-refractivity contribution in [3.8, 4) is 0 Å². The molecule has 0 saturated heterocycles. The van der Waals surface area contributed by atoms with Crippen LogP contribution in [0.3, 0.4) is 0 Å². The van der Waals surface area contributed by atoms with E-state index in [2.05, 4.69) is 0 Å². The number of unbranched alkanes of at least 4 members (excludes halogenated alkanes) is 5. The lowest BCUT2D eigenvalue weighted by Crippen LogP contribution is -2.41. The highest BCUT2D eigenvalue weighted by atomic mass is 32.3. The Bertz CT molecular complexity index is 456. The molecular formula is C9H18F3NO4S2. The fourth-order valence-electron chi connectivity index (χ4n) is 1.33. The zero-order valence-electron chi connectivity index (χ0n) is 10.5.